The molecule has 1 aliphatic heterocycles. The van der Waals surface area contributed by atoms with Gasteiger partial charge in [-0.1, -0.05) is 35.0 Å². The van der Waals surface area contributed by atoms with Gasteiger partial charge in [-0.2, -0.15) is 0 Å². The van der Waals surface area contributed by atoms with Gasteiger partial charge in [0, 0.05) is 23.1 Å². The van der Waals surface area contributed by atoms with Gasteiger partial charge in [-0.3, -0.25) is 0 Å². The molecule has 0 amide bonds. The zero-order valence-corrected chi connectivity index (χ0v) is 15.9. The number of carbonyl (C=O) groups is 1. The lowest BCUT2D eigenvalue weighted by Gasteiger charge is -2.23. The van der Waals surface area contributed by atoms with E-state index < -0.39 is 0 Å². The van der Waals surface area contributed by atoms with E-state index in [2.05, 4.69) is 45.4 Å². The van der Waals surface area contributed by atoms with Gasteiger partial charge in [0.1, 0.15) is 0 Å². The smallest absolute Gasteiger partial charge is 0.337 e. The topological polar surface area (TPSA) is 41.6 Å². The molecule has 130 valence electrons. The van der Waals surface area contributed by atoms with Crippen molar-refractivity contribution in [3.63, 3.8) is 0 Å². The fourth-order valence-electron chi connectivity index (χ4n) is 3.27. The molecule has 2 aliphatic rings. The Balaban J connectivity index is 1.93. The molecular formula is C19H25BrN2O2. The second-order valence-corrected chi connectivity index (χ2v) is 7.40. The fourth-order valence-corrected chi connectivity index (χ4v) is 3.53. The number of halogens is 1. The highest BCUT2D eigenvalue weighted by Gasteiger charge is 2.44. The summed E-state index contributed by atoms with van der Waals surface area (Å²) < 4.78 is 6.44. The first-order valence-electron chi connectivity index (χ1n) is 8.82. The SMILES string of the molecule is CCCN1NC(C2CC2)C(C(=O)OCC)=C1Cc1ccc(Br)cc1. The third-order valence-electron chi connectivity index (χ3n) is 4.56. The van der Waals surface area contributed by atoms with Gasteiger partial charge in [0.2, 0.25) is 0 Å². The number of ether oxygens (including phenoxy) is 1. The molecule has 0 aromatic heterocycles. The van der Waals surface area contributed by atoms with Crippen LogP contribution in [0.25, 0.3) is 0 Å². The van der Waals surface area contributed by atoms with Crippen molar-refractivity contribution in [3.05, 3.63) is 45.6 Å². The van der Waals surface area contributed by atoms with Gasteiger partial charge in [0.25, 0.3) is 0 Å². The van der Waals surface area contributed by atoms with Gasteiger partial charge in [-0.25, -0.2) is 10.2 Å². The summed E-state index contributed by atoms with van der Waals surface area (Å²) in [6, 6.07) is 8.42. The first-order chi connectivity index (χ1) is 11.6. The van der Waals surface area contributed by atoms with Crippen LogP contribution in [0.1, 0.15) is 38.7 Å². The van der Waals surface area contributed by atoms with E-state index in [0.717, 1.165) is 35.1 Å². The molecule has 1 saturated carbocycles. The van der Waals surface area contributed by atoms with Gasteiger partial charge in [0.05, 0.1) is 18.2 Å². The lowest BCUT2D eigenvalue weighted by atomic mass is 9.99. The standard InChI is InChI=1S/C19H25BrN2O2/c1-3-11-22-16(12-13-5-9-15(20)10-6-13)17(19(23)24-4-2)18(21-22)14-7-8-14/h5-6,9-10,14,18,21H,3-4,7-8,11-12H2,1-2H3. The number of hydrogen-bond donors (Lipinski definition) is 1. The molecule has 1 aromatic rings. The number of benzene rings is 1. The molecule has 4 nitrogen and oxygen atoms in total. The normalized spacial score (nSPS) is 20.6. The number of nitrogens with one attached hydrogen (secondary N) is 1. The molecule has 1 heterocycles. The minimum atomic E-state index is -0.160. The zero-order valence-electron chi connectivity index (χ0n) is 14.3. The van der Waals surface area contributed by atoms with Gasteiger partial charge in [0.15, 0.2) is 0 Å². The zero-order chi connectivity index (χ0) is 17.1. The highest BCUT2D eigenvalue weighted by atomic mass is 79.9. The molecular weight excluding hydrogens is 368 g/mol. The molecule has 24 heavy (non-hydrogen) atoms. The number of nitrogens with zero attached hydrogens (tertiary/aromatic N) is 1. The van der Waals surface area contributed by atoms with Crippen LogP contribution in [0.4, 0.5) is 0 Å². The summed E-state index contributed by atoms with van der Waals surface area (Å²) in [5, 5.41) is 2.18. The molecule has 0 saturated heterocycles. The number of hydrazine groups is 1. The van der Waals surface area contributed by atoms with Crippen LogP contribution >= 0.6 is 15.9 Å². The van der Waals surface area contributed by atoms with E-state index in [1.807, 2.05) is 19.1 Å². The van der Waals surface area contributed by atoms with Crippen molar-refractivity contribution in [1.82, 2.24) is 10.4 Å². The van der Waals surface area contributed by atoms with Crippen molar-refractivity contribution in [2.24, 2.45) is 5.92 Å². The fraction of sp³-hybridized carbons (Fsp3) is 0.526. The van der Waals surface area contributed by atoms with Gasteiger partial charge < -0.3 is 9.75 Å². The predicted octanol–water partition coefficient (Wildman–Crippen LogP) is 3.82. The van der Waals surface area contributed by atoms with Crippen molar-refractivity contribution >= 4 is 21.9 Å². The van der Waals surface area contributed by atoms with Crippen molar-refractivity contribution in [2.75, 3.05) is 13.2 Å². The summed E-state index contributed by atoms with van der Waals surface area (Å²) in [7, 11) is 0. The molecule has 5 heteroatoms. The van der Waals surface area contributed by atoms with Gasteiger partial charge in [-0.15, -0.1) is 0 Å². The van der Waals surface area contributed by atoms with Crippen molar-refractivity contribution in [2.45, 2.75) is 45.6 Å². The maximum Gasteiger partial charge on any atom is 0.337 e. The summed E-state index contributed by atoms with van der Waals surface area (Å²) >= 11 is 3.48. The third-order valence-corrected chi connectivity index (χ3v) is 5.09. The lowest BCUT2D eigenvalue weighted by Crippen LogP contribution is -2.40. The Morgan fingerprint density at radius 3 is 2.58 bits per heavy atom. The van der Waals surface area contributed by atoms with Crippen LogP contribution in [0.2, 0.25) is 0 Å². The maximum absolute atomic E-state index is 12.6. The second-order valence-electron chi connectivity index (χ2n) is 6.48. The van der Waals surface area contributed by atoms with E-state index in [0.29, 0.717) is 12.5 Å². The lowest BCUT2D eigenvalue weighted by molar-refractivity contribution is -0.138. The Morgan fingerprint density at radius 1 is 1.29 bits per heavy atom. The van der Waals surface area contributed by atoms with Crippen molar-refractivity contribution in [3.8, 4) is 0 Å². The van der Waals surface area contributed by atoms with Gasteiger partial charge >= 0.3 is 5.97 Å². The summed E-state index contributed by atoms with van der Waals surface area (Å²) in [6.45, 7) is 5.34. The number of hydrogen-bond acceptors (Lipinski definition) is 4. The van der Waals surface area contributed by atoms with Crippen LogP contribution in [0, 0.1) is 5.92 Å². The Kier molecular flexibility index (Phi) is 5.61. The Labute approximate surface area is 152 Å². The average Bonchev–Trinajstić information content (AvgIpc) is 3.34. The Morgan fingerprint density at radius 2 is 2.00 bits per heavy atom. The summed E-state index contributed by atoms with van der Waals surface area (Å²) in [5.74, 6) is 0.402. The van der Waals surface area contributed by atoms with Crippen LogP contribution in [0.5, 0.6) is 0 Å². The van der Waals surface area contributed by atoms with E-state index in [-0.39, 0.29) is 12.0 Å². The number of esters is 1. The van der Waals surface area contributed by atoms with Gasteiger partial charge in [-0.05, 0) is 49.8 Å². The quantitative estimate of drug-likeness (QED) is 0.716. The maximum atomic E-state index is 12.6. The van der Waals surface area contributed by atoms with Crippen LogP contribution in [-0.2, 0) is 16.0 Å². The van der Waals surface area contributed by atoms with E-state index in [9.17, 15) is 4.79 Å². The number of allylic oxidation sites excluding steroid dienone is 1. The van der Waals surface area contributed by atoms with Crippen LogP contribution < -0.4 is 5.43 Å². The van der Waals surface area contributed by atoms with E-state index in [1.165, 1.54) is 18.4 Å². The molecule has 0 radical (unpaired) electrons. The van der Waals surface area contributed by atoms with Crippen molar-refractivity contribution in [1.29, 1.82) is 0 Å². The molecule has 1 aromatic carbocycles. The Hall–Kier alpha value is -1.33. The molecule has 3 rings (SSSR count). The van der Waals surface area contributed by atoms with E-state index in [4.69, 9.17) is 4.74 Å². The summed E-state index contributed by atoms with van der Waals surface area (Å²) in [6.07, 6.45) is 4.15. The second kappa shape index (κ2) is 7.70. The molecule has 1 unspecified atom stereocenters. The first kappa shape index (κ1) is 17.5. The van der Waals surface area contributed by atoms with Crippen LogP contribution in [-0.4, -0.2) is 30.2 Å². The van der Waals surface area contributed by atoms with Crippen LogP contribution in [0.3, 0.4) is 0 Å². The molecule has 1 N–H and O–H groups in total. The van der Waals surface area contributed by atoms with Crippen LogP contribution in [0.15, 0.2) is 40.0 Å². The largest absolute Gasteiger partial charge is 0.463 e. The molecule has 1 fully saturated rings. The predicted molar refractivity (Wildman–Crippen MR) is 98.1 cm³/mol. The van der Waals surface area contributed by atoms with E-state index >= 15 is 0 Å². The molecule has 0 spiro atoms. The third kappa shape index (κ3) is 3.83. The summed E-state index contributed by atoms with van der Waals surface area (Å²) in [4.78, 5) is 12.6. The number of rotatable bonds is 7. The molecule has 1 atom stereocenters. The van der Waals surface area contributed by atoms with Crippen molar-refractivity contribution < 1.29 is 9.53 Å². The minimum Gasteiger partial charge on any atom is -0.463 e. The Bertz CT molecular complexity index is 623. The monoisotopic (exact) mass is 392 g/mol. The molecule has 0 bridgehead atoms. The highest BCUT2D eigenvalue weighted by molar-refractivity contribution is 9.10. The number of carbonyl (C=O) groups excluding carboxylic acids is 1. The molecule has 1 aliphatic carbocycles. The summed E-state index contributed by atoms with van der Waals surface area (Å²) in [5.41, 5.74) is 6.70. The minimum absolute atomic E-state index is 0.112. The first-order valence-corrected chi connectivity index (χ1v) is 9.61. The highest BCUT2D eigenvalue weighted by Crippen LogP contribution is 2.40. The van der Waals surface area contributed by atoms with E-state index in [1.54, 1.807) is 0 Å². The average molecular weight is 393 g/mol.